The highest BCUT2D eigenvalue weighted by atomic mass is 15.1. The van der Waals surface area contributed by atoms with Crippen molar-refractivity contribution >= 4 is 5.82 Å². The maximum absolute atomic E-state index is 4.41. The van der Waals surface area contributed by atoms with E-state index in [4.69, 9.17) is 0 Å². The normalized spacial score (nSPS) is 38.3. The van der Waals surface area contributed by atoms with E-state index in [-0.39, 0.29) is 0 Å². The van der Waals surface area contributed by atoms with Gasteiger partial charge in [-0.1, -0.05) is 26.8 Å². The van der Waals surface area contributed by atoms with Gasteiger partial charge in [-0.2, -0.15) is 0 Å². The van der Waals surface area contributed by atoms with Crippen LogP contribution in [0.5, 0.6) is 0 Å². The predicted molar refractivity (Wildman–Crippen MR) is 70.9 cm³/mol. The van der Waals surface area contributed by atoms with Crippen LogP contribution in [0, 0.1) is 16.7 Å². The molecule has 2 aliphatic rings. The number of anilines is 1. The summed E-state index contributed by atoms with van der Waals surface area (Å²) in [7, 11) is 0. The number of rotatable bonds is 2. The van der Waals surface area contributed by atoms with Crippen LogP contribution in [0.2, 0.25) is 0 Å². The molecule has 2 heteroatoms. The van der Waals surface area contributed by atoms with Crippen molar-refractivity contribution in [2.24, 2.45) is 16.7 Å². The summed E-state index contributed by atoms with van der Waals surface area (Å²) in [6.45, 7) is 7.29. The molecule has 1 heterocycles. The lowest BCUT2D eigenvalue weighted by molar-refractivity contribution is 0.155. The second kappa shape index (κ2) is 3.47. The first-order valence-electron chi connectivity index (χ1n) is 6.70. The molecule has 92 valence electrons. The van der Waals surface area contributed by atoms with Crippen molar-refractivity contribution in [3.05, 3.63) is 24.4 Å². The average Bonchev–Trinajstić information content (AvgIpc) is 2.77. The van der Waals surface area contributed by atoms with Crippen molar-refractivity contribution in [1.29, 1.82) is 0 Å². The first-order chi connectivity index (χ1) is 8.02. The lowest BCUT2D eigenvalue weighted by Gasteiger charge is -2.43. The smallest absolute Gasteiger partial charge is 0.126 e. The van der Waals surface area contributed by atoms with Gasteiger partial charge in [0.2, 0.25) is 0 Å². The summed E-state index contributed by atoms with van der Waals surface area (Å²) in [5, 5.41) is 3.69. The number of fused-ring (bicyclic) bond motifs is 2. The quantitative estimate of drug-likeness (QED) is 0.837. The summed E-state index contributed by atoms with van der Waals surface area (Å²) in [5.74, 6) is 1.91. The molecule has 1 aromatic rings. The van der Waals surface area contributed by atoms with E-state index < -0.39 is 0 Å². The van der Waals surface area contributed by atoms with Gasteiger partial charge in [-0.25, -0.2) is 4.98 Å². The minimum Gasteiger partial charge on any atom is -0.366 e. The van der Waals surface area contributed by atoms with Gasteiger partial charge in [0.1, 0.15) is 5.82 Å². The van der Waals surface area contributed by atoms with Crippen LogP contribution in [-0.4, -0.2) is 11.0 Å². The number of nitrogens with zero attached hydrogens (tertiary/aromatic N) is 1. The monoisotopic (exact) mass is 230 g/mol. The fourth-order valence-corrected chi connectivity index (χ4v) is 4.26. The molecule has 1 aromatic heterocycles. The Morgan fingerprint density at radius 2 is 2.12 bits per heavy atom. The summed E-state index contributed by atoms with van der Waals surface area (Å²) in [6, 6.07) is 6.66. The van der Waals surface area contributed by atoms with E-state index in [0.29, 0.717) is 16.9 Å². The Morgan fingerprint density at radius 3 is 2.71 bits per heavy atom. The van der Waals surface area contributed by atoms with E-state index in [1.807, 2.05) is 12.3 Å². The van der Waals surface area contributed by atoms with E-state index in [0.717, 1.165) is 11.7 Å². The fraction of sp³-hybridized carbons (Fsp3) is 0.667. The fourth-order valence-electron chi connectivity index (χ4n) is 4.26. The molecule has 3 unspecified atom stereocenters. The molecule has 0 saturated heterocycles. The summed E-state index contributed by atoms with van der Waals surface area (Å²) in [5.41, 5.74) is 0.857. The first-order valence-corrected chi connectivity index (χ1v) is 6.70. The van der Waals surface area contributed by atoms with Gasteiger partial charge in [0.15, 0.2) is 0 Å². The second-order valence-electron chi connectivity index (χ2n) is 6.71. The van der Waals surface area contributed by atoms with E-state index in [9.17, 15) is 0 Å². The van der Waals surface area contributed by atoms with Crippen LogP contribution >= 0.6 is 0 Å². The third-order valence-corrected chi connectivity index (χ3v) is 5.23. The molecule has 1 N–H and O–H groups in total. The lowest BCUT2D eigenvalue weighted by Crippen LogP contribution is -2.45. The largest absolute Gasteiger partial charge is 0.366 e. The lowest BCUT2D eigenvalue weighted by atomic mass is 9.68. The van der Waals surface area contributed by atoms with Crippen LogP contribution < -0.4 is 5.32 Å². The Labute approximate surface area is 104 Å². The van der Waals surface area contributed by atoms with Crippen molar-refractivity contribution in [2.45, 2.75) is 46.1 Å². The summed E-state index contributed by atoms with van der Waals surface area (Å²) >= 11 is 0. The zero-order chi connectivity index (χ0) is 12.1. The van der Waals surface area contributed by atoms with E-state index in [1.165, 1.54) is 19.3 Å². The molecule has 0 aliphatic heterocycles. The van der Waals surface area contributed by atoms with Gasteiger partial charge < -0.3 is 5.32 Å². The SMILES string of the molecule is CC12CCC(C1)C(C)(C)C2Nc1ccccn1. The van der Waals surface area contributed by atoms with Gasteiger partial charge in [0.25, 0.3) is 0 Å². The predicted octanol–water partition coefficient (Wildman–Crippen LogP) is 3.71. The maximum atomic E-state index is 4.41. The molecule has 3 atom stereocenters. The van der Waals surface area contributed by atoms with Crippen molar-refractivity contribution < 1.29 is 0 Å². The first kappa shape index (κ1) is 11.1. The third-order valence-electron chi connectivity index (χ3n) is 5.23. The molecule has 2 fully saturated rings. The molecular formula is C15H22N2. The summed E-state index contributed by atoms with van der Waals surface area (Å²) in [6.07, 6.45) is 6.02. The average molecular weight is 230 g/mol. The standard InChI is InChI=1S/C15H22N2/c1-14(2)11-7-8-15(3,10-11)13(14)17-12-6-4-5-9-16-12/h4-6,9,11,13H,7-8,10H2,1-3H3,(H,16,17). The minimum absolute atomic E-state index is 0.393. The van der Waals surface area contributed by atoms with Gasteiger partial charge in [0.05, 0.1) is 0 Å². The second-order valence-corrected chi connectivity index (χ2v) is 6.71. The minimum atomic E-state index is 0.393. The Morgan fingerprint density at radius 1 is 1.29 bits per heavy atom. The van der Waals surface area contributed by atoms with Gasteiger partial charge in [0, 0.05) is 12.2 Å². The van der Waals surface area contributed by atoms with E-state index in [2.05, 4.69) is 43.2 Å². The molecule has 2 bridgehead atoms. The molecular weight excluding hydrogens is 208 g/mol. The Hall–Kier alpha value is -1.05. The zero-order valence-electron chi connectivity index (χ0n) is 11.0. The van der Waals surface area contributed by atoms with Crippen LogP contribution in [-0.2, 0) is 0 Å². The van der Waals surface area contributed by atoms with Crippen LogP contribution in [0.25, 0.3) is 0 Å². The number of hydrogen-bond acceptors (Lipinski definition) is 2. The Kier molecular flexibility index (Phi) is 2.26. The number of aromatic nitrogens is 1. The van der Waals surface area contributed by atoms with Gasteiger partial charge in [-0.05, 0) is 48.1 Å². The van der Waals surface area contributed by atoms with Crippen LogP contribution in [0.15, 0.2) is 24.4 Å². The molecule has 3 rings (SSSR count). The molecule has 2 aliphatic carbocycles. The molecule has 17 heavy (non-hydrogen) atoms. The van der Waals surface area contributed by atoms with Gasteiger partial charge >= 0.3 is 0 Å². The molecule has 2 nitrogen and oxygen atoms in total. The maximum Gasteiger partial charge on any atom is 0.126 e. The highest BCUT2D eigenvalue weighted by molar-refractivity contribution is 5.38. The topological polar surface area (TPSA) is 24.9 Å². The van der Waals surface area contributed by atoms with Crippen molar-refractivity contribution in [2.75, 3.05) is 5.32 Å². The van der Waals surface area contributed by atoms with Crippen LogP contribution in [0.4, 0.5) is 5.82 Å². The molecule has 0 spiro atoms. The van der Waals surface area contributed by atoms with Gasteiger partial charge in [-0.15, -0.1) is 0 Å². The third kappa shape index (κ3) is 1.57. The molecule has 0 amide bonds. The molecule has 2 saturated carbocycles. The van der Waals surface area contributed by atoms with Crippen molar-refractivity contribution in [3.8, 4) is 0 Å². The van der Waals surface area contributed by atoms with Crippen molar-refractivity contribution in [3.63, 3.8) is 0 Å². The highest BCUT2D eigenvalue weighted by Gasteiger charge is 2.59. The van der Waals surface area contributed by atoms with E-state index >= 15 is 0 Å². The zero-order valence-corrected chi connectivity index (χ0v) is 11.0. The Bertz CT molecular complexity index is 407. The van der Waals surface area contributed by atoms with Crippen LogP contribution in [0.1, 0.15) is 40.0 Å². The number of pyridine rings is 1. The summed E-state index contributed by atoms with van der Waals surface area (Å²) in [4.78, 5) is 4.41. The number of hydrogen-bond donors (Lipinski definition) is 1. The highest BCUT2D eigenvalue weighted by Crippen LogP contribution is 2.62. The van der Waals surface area contributed by atoms with Gasteiger partial charge in [-0.3, -0.25) is 0 Å². The van der Waals surface area contributed by atoms with E-state index in [1.54, 1.807) is 0 Å². The number of nitrogens with one attached hydrogen (secondary N) is 1. The molecule has 0 radical (unpaired) electrons. The Balaban J connectivity index is 1.88. The molecule has 0 aromatic carbocycles. The summed E-state index contributed by atoms with van der Waals surface area (Å²) < 4.78 is 0. The van der Waals surface area contributed by atoms with Crippen LogP contribution in [0.3, 0.4) is 0 Å². The van der Waals surface area contributed by atoms with Crippen molar-refractivity contribution in [1.82, 2.24) is 4.98 Å².